The molecule has 88 valence electrons. The molecule has 0 spiro atoms. The van der Waals surface area contributed by atoms with Crippen molar-refractivity contribution in [3.05, 3.63) is 70.3 Å². The number of ketones is 2. The lowest BCUT2D eigenvalue weighted by Gasteiger charge is -2.19. The maximum atomic E-state index is 12.4. The van der Waals surface area contributed by atoms with E-state index < -0.39 is 0 Å². The smallest absolute Gasteiger partial charge is 0.194 e. The Balaban J connectivity index is 2.34. The molecule has 0 radical (unpaired) electrons. The number of benzene rings is 2. The second kappa shape index (κ2) is 3.89. The van der Waals surface area contributed by atoms with Crippen LogP contribution in [0.3, 0.4) is 0 Å². The first-order chi connectivity index (χ1) is 8.74. The third-order valence-electron chi connectivity index (χ3n) is 3.26. The lowest BCUT2D eigenvalue weighted by atomic mass is 9.82. The highest BCUT2D eigenvalue weighted by molar-refractivity contribution is 6.28. The van der Waals surface area contributed by atoms with Crippen molar-refractivity contribution in [1.29, 1.82) is 0 Å². The molecule has 2 aromatic carbocycles. The van der Waals surface area contributed by atoms with Crippen molar-refractivity contribution in [3.8, 4) is 0 Å². The minimum Gasteiger partial charge on any atom is -0.326 e. The van der Waals surface area contributed by atoms with Gasteiger partial charge in [-0.05, 0) is 5.56 Å². The van der Waals surface area contributed by atoms with Gasteiger partial charge in [0.05, 0.1) is 0 Å². The molecule has 0 aliphatic heterocycles. The van der Waals surface area contributed by atoms with Gasteiger partial charge in [-0.3, -0.25) is 9.59 Å². The average molecular weight is 237 g/mol. The largest absolute Gasteiger partial charge is 0.326 e. The van der Waals surface area contributed by atoms with Gasteiger partial charge < -0.3 is 5.73 Å². The highest BCUT2D eigenvalue weighted by Crippen LogP contribution is 2.29. The van der Waals surface area contributed by atoms with Gasteiger partial charge in [-0.2, -0.15) is 0 Å². The molecular formula is C15H11NO2. The molecule has 0 saturated carbocycles. The average Bonchev–Trinajstić information content (AvgIpc) is 2.44. The van der Waals surface area contributed by atoms with Gasteiger partial charge in [0.25, 0.3) is 0 Å². The van der Waals surface area contributed by atoms with Crippen molar-refractivity contribution in [1.82, 2.24) is 0 Å². The van der Waals surface area contributed by atoms with Crippen LogP contribution in [0.1, 0.15) is 37.4 Å². The van der Waals surface area contributed by atoms with Gasteiger partial charge in [0.15, 0.2) is 11.6 Å². The summed E-state index contributed by atoms with van der Waals surface area (Å²) in [5, 5.41) is 0. The van der Waals surface area contributed by atoms with Gasteiger partial charge in [0.2, 0.25) is 0 Å². The number of hydrogen-bond acceptors (Lipinski definition) is 3. The van der Waals surface area contributed by atoms with E-state index >= 15 is 0 Å². The number of hydrogen-bond donors (Lipinski definition) is 1. The zero-order valence-electron chi connectivity index (χ0n) is 9.64. The fourth-order valence-electron chi connectivity index (χ4n) is 2.39. The van der Waals surface area contributed by atoms with E-state index in [1.807, 2.05) is 0 Å². The highest BCUT2D eigenvalue weighted by atomic mass is 16.1. The van der Waals surface area contributed by atoms with Gasteiger partial charge >= 0.3 is 0 Å². The maximum absolute atomic E-state index is 12.4. The van der Waals surface area contributed by atoms with Crippen LogP contribution >= 0.6 is 0 Å². The summed E-state index contributed by atoms with van der Waals surface area (Å²) in [4.78, 5) is 24.8. The van der Waals surface area contributed by atoms with E-state index in [2.05, 4.69) is 0 Å². The summed E-state index contributed by atoms with van der Waals surface area (Å²) >= 11 is 0. The zero-order valence-corrected chi connectivity index (χ0v) is 9.64. The Kier molecular flexibility index (Phi) is 2.35. The molecule has 2 aromatic rings. The first-order valence-electron chi connectivity index (χ1n) is 5.74. The molecule has 3 heteroatoms. The number of nitrogens with two attached hydrogens (primary N) is 1. The summed E-state index contributed by atoms with van der Waals surface area (Å²) in [7, 11) is 0. The fourth-order valence-corrected chi connectivity index (χ4v) is 2.39. The molecule has 2 N–H and O–H groups in total. The van der Waals surface area contributed by atoms with Crippen LogP contribution in [0.2, 0.25) is 0 Å². The highest BCUT2D eigenvalue weighted by Gasteiger charge is 2.30. The second-order valence-corrected chi connectivity index (χ2v) is 4.25. The van der Waals surface area contributed by atoms with Gasteiger partial charge in [-0.1, -0.05) is 42.5 Å². The quantitative estimate of drug-likeness (QED) is 0.703. The lowest BCUT2D eigenvalue weighted by Crippen LogP contribution is -2.23. The lowest BCUT2D eigenvalue weighted by molar-refractivity contribution is 0.0978. The molecular weight excluding hydrogens is 226 g/mol. The first-order valence-corrected chi connectivity index (χ1v) is 5.74. The van der Waals surface area contributed by atoms with Crippen LogP contribution in [0.5, 0.6) is 0 Å². The molecule has 1 aliphatic rings. The first kappa shape index (κ1) is 10.9. The third kappa shape index (κ3) is 1.34. The van der Waals surface area contributed by atoms with Crippen molar-refractivity contribution in [2.75, 3.05) is 0 Å². The Morgan fingerprint density at radius 3 is 2.06 bits per heavy atom. The molecule has 0 heterocycles. The van der Waals surface area contributed by atoms with Crippen molar-refractivity contribution >= 4 is 11.6 Å². The van der Waals surface area contributed by atoms with Crippen molar-refractivity contribution < 1.29 is 9.59 Å². The molecule has 3 nitrogen and oxygen atoms in total. The van der Waals surface area contributed by atoms with E-state index in [-0.39, 0.29) is 18.1 Å². The summed E-state index contributed by atoms with van der Waals surface area (Å²) in [6.45, 7) is 0.254. The number of carbonyl (C=O) groups excluding carboxylic acids is 2. The second-order valence-electron chi connectivity index (χ2n) is 4.25. The Morgan fingerprint density at radius 1 is 0.778 bits per heavy atom. The molecule has 3 rings (SSSR count). The minimum absolute atomic E-state index is 0.101. The van der Waals surface area contributed by atoms with Crippen LogP contribution in [-0.4, -0.2) is 11.6 Å². The van der Waals surface area contributed by atoms with Crippen molar-refractivity contribution in [2.45, 2.75) is 6.54 Å². The monoisotopic (exact) mass is 237 g/mol. The van der Waals surface area contributed by atoms with Crippen molar-refractivity contribution in [3.63, 3.8) is 0 Å². The van der Waals surface area contributed by atoms with Gasteiger partial charge in [-0.25, -0.2) is 0 Å². The molecule has 0 bridgehead atoms. The molecule has 0 amide bonds. The molecule has 0 aromatic heterocycles. The third-order valence-corrected chi connectivity index (χ3v) is 3.26. The van der Waals surface area contributed by atoms with Crippen molar-refractivity contribution in [2.24, 2.45) is 5.73 Å². The topological polar surface area (TPSA) is 60.2 Å². The van der Waals surface area contributed by atoms with E-state index in [4.69, 9.17) is 5.73 Å². The predicted octanol–water partition coefficient (Wildman–Crippen LogP) is 1.92. The van der Waals surface area contributed by atoms with E-state index in [1.165, 1.54) is 0 Å². The normalized spacial score (nSPS) is 13.2. The van der Waals surface area contributed by atoms with Gasteiger partial charge in [-0.15, -0.1) is 0 Å². The van der Waals surface area contributed by atoms with Crippen LogP contribution in [0.4, 0.5) is 0 Å². The fraction of sp³-hybridized carbons (Fsp3) is 0.0667. The minimum atomic E-state index is -0.110. The number of rotatable bonds is 1. The summed E-state index contributed by atoms with van der Waals surface area (Å²) in [6.07, 6.45) is 0. The molecule has 18 heavy (non-hydrogen) atoms. The number of fused-ring (bicyclic) bond motifs is 2. The molecule has 0 saturated heterocycles. The van der Waals surface area contributed by atoms with Crippen LogP contribution in [0.15, 0.2) is 42.5 Å². The number of carbonyl (C=O) groups is 2. The molecule has 1 aliphatic carbocycles. The zero-order chi connectivity index (χ0) is 12.7. The molecule has 0 unspecified atom stereocenters. The van der Waals surface area contributed by atoms with Crippen LogP contribution in [0.25, 0.3) is 0 Å². The van der Waals surface area contributed by atoms with E-state index in [9.17, 15) is 9.59 Å². The van der Waals surface area contributed by atoms with Crippen LogP contribution < -0.4 is 5.73 Å². The van der Waals surface area contributed by atoms with Crippen LogP contribution in [-0.2, 0) is 6.54 Å². The summed E-state index contributed by atoms with van der Waals surface area (Å²) in [5.74, 6) is -0.211. The van der Waals surface area contributed by atoms with Gasteiger partial charge in [0.1, 0.15) is 0 Å². The Morgan fingerprint density at radius 2 is 1.39 bits per heavy atom. The standard InChI is InChI=1S/C15H11NO2/c16-8-9-4-3-7-12-13(9)15(18)11-6-2-1-5-10(11)14(12)17/h1-7H,8,16H2. The Bertz CT molecular complexity index is 674. The van der Waals surface area contributed by atoms with E-state index in [0.29, 0.717) is 22.3 Å². The summed E-state index contributed by atoms with van der Waals surface area (Å²) < 4.78 is 0. The van der Waals surface area contributed by atoms with Gasteiger partial charge in [0, 0.05) is 28.8 Å². The molecule has 0 atom stereocenters. The molecule has 0 fully saturated rings. The Labute approximate surface area is 104 Å². The Hall–Kier alpha value is -2.26. The maximum Gasteiger partial charge on any atom is 0.194 e. The summed E-state index contributed by atoms with van der Waals surface area (Å²) in [5.41, 5.74) is 8.23. The van der Waals surface area contributed by atoms with E-state index in [0.717, 1.165) is 5.56 Å². The SMILES string of the molecule is NCc1cccc2c1C(=O)c1ccccc1C2=O. The predicted molar refractivity (Wildman–Crippen MR) is 67.6 cm³/mol. The van der Waals surface area contributed by atoms with E-state index in [1.54, 1.807) is 42.5 Å². The summed E-state index contributed by atoms with van der Waals surface area (Å²) in [6, 6.07) is 12.1. The van der Waals surface area contributed by atoms with Crippen LogP contribution in [0, 0.1) is 0 Å².